The molecule has 1 atom stereocenters. The zero-order valence-electron chi connectivity index (χ0n) is 16.3. The Morgan fingerprint density at radius 1 is 0.966 bits per heavy atom. The second-order valence-electron chi connectivity index (χ2n) is 6.71. The maximum atomic E-state index is 12.4. The summed E-state index contributed by atoms with van der Waals surface area (Å²) in [6.45, 7) is 4.47. The minimum Gasteiger partial charge on any atom is -0.383 e. The molecular weight excluding hydrogens is 374 g/mol. The van der Waals surface area contributed by atoms with Crippen molar-refractivity contribution in [1.29, 1.82) is 0 Å². The number of anilines is 2. The number of nitrogens with one attached hydrogen (secondary N) is 4. The summed E-state index contributed by atoms with van der Waals surface area (Å²) >= 11 is 0. The van der Waals surface area contributed by atoms with Gasteiger partial charge in [-0.15, -0.1) is 0 Å². The number of urea groups is 1. The number of hydrogen-bond acceptors (Lipinski definition) is 5. The van der Waals surface area contributed by atoms with Gasteiger partial charge in [-0.3, -0.25) is 14.9 Å². The molecule has 1 unspecified atom stereocenters. The lowest BCUT2D eigenvalue weighted by atomic mass is 10.0. The third kappa shape index (κ3) is 7.13. The van der Waals surface area contributed by atoms with Gasteiger partial charge in [0, 0.05) is 36.6 Å². The Morgan fingerprint density at radius 3 is 2.21 bits per heavy atom. The van der Waals surface area contributed by atoms with Crippen molar-refractivity contribution in [2.24, 2.45) is 5.92 Å². The van der Waals surface area contributed by atoms with Crippen LogP contribution in [-0.2, 0) is 4.79 Å². The number of amides is 3. The summed E-state index contributed by atoms with van der Waals surface area (Å²) in [6, 6.07) is 13.9. The summed E-state index contributed by atoms with van der Waals surface area (Å²) in [6.07, 6.45) is 0. The SMILES string of the molecule is CC(C)C(NC(=O)Nc1ccccc1)C(=O)NCCNc1ccc([N+](=O)[O-])cc1. The lowest BCUT2D eigenvalue weighted by molar-refractivity contribution is -0.384. The third-order valence-corrected chi connectivity index (χ3v) is 4.10. The predicted octanol–water partition coefficient (Wildman–Crippen LogP) is 2.97. The minimum absolute atomic E-state index is 0.0171. The number of nitro groups is 1. The molecule has 9 nitrogen and oxygen atoms in total. The number of hydrogen-bond donors (Lipinski definition) is 4. The molecule has 0 aliphatic rings. The van der Waals surface area contributed by atoms with Gasteiger partial charge in [0.05, 0.1) is 4.92 Å². The van der Waals surface area contributed by atoms with Crippen LogP contribution in [0.4, 0.5) is 21.9 Å². The highest BCUT2D eigenvalue weighted by molar-refractivity contribution is 5.93. The second-order valence-corrected chi connectivity index (χ2v) is 6.71. The fourth-order valence-corrected chi connectivity index (χ4v) is 2.57. The first-order valence-corrected chi connectivity index (χ1v) is 9.25. The standard InChI is InChI=1S/C20H25N5O4/c1-14(2)18(24-20(27)23-16-6-4-3-5-7-16)19(26)22-13-12-21-15-8-10-17(11-9-15)25(28)29/h3-11,14,18,21H,12-13H2,1-2H3,(H,22,26)(H2,23,24,27). The number of non-ortho nitro benzene ring substituents is 1. The first kappa shape index (κ1) is 21.7. The molecule has 0 aromatic heterocycles. The smallest absolute Gasteiger partial charge is 0.319 e. The maximum Gasteiger partial charge on any atom is 0.319 e. The van der Waals surface area contributed by atoms with Gasteiger partial charge < -0.3 is 21.3 Å². The molecule has 0 saturated carbocycles. The van der Waals surface area contributed by atoms with Gasteiger partial charge in [-0.05, 0) is 30.2 Å². The van der Waals surface area contributed by atoms with Crippen LogP contribution in [0.25, 0.3) is 0 Å². The van der Waals surface area contributed by atoms with Crippen molar-refractivity contribution in [3.63, 3.8) is 0 Å². The van der Waals surface area contributed by atoms with Crippen molar-refractivity contribution in [2.45, 2.75) is 19.9 Å². The molecule has 0 fully saturated rings. The van der Waals surface area contributed by atoms with Crippen LogP contribution in [0.2, 0.25) is 0 Å². The van der Waals surface area contributed by atoms with E-state index in [-0.39, 0.29) is 17.5 Å². The number of benzene rings is 2. The molecule has 3 amide bonds. The average Bonchev–Trinajstić information content (AvgIpc) is 2.70. The van der Waals surface area contributed by atoms with Crippen LogP contribution >= 0.6 is 0 Å². The highest BCUT2D eigenvalue weighted by Crippen LogP contribution is 2.14. The van der Waals surface area contributed by atoms with Gasteiger partial charge in [0.2, 0.25) is 5.91 Å². The van der Waals surface area contributed by atoms with Crippen LogP contribution in [0.15, 0.2) is 54.6 Å². The summed E-state index contributed by atoms with van der Waals surface area (Å²) < 4.78 is 0. The van der Waals surface area contributed by atoms with Gasteiger partial charge in [-0.2, -0.15) is 0 Å². The van der Waals surface area contributed by atoms with Crippen molar-refractivity contribution in [3.8, 4) is 0 Å². The van der Waals surface area contributed by atoms with E-state index >= 15 is 0 Å². The molecule has 4 N–H and O–H groups in total. The largest absolute Gasteiger partial charge is 0.383 e. The van der Waals surface area contributed by atoms with E-state index in [9.17, 15) is 19.7 Å². The zero-order chi connectivity index (χ0) is 21.2. The van der Waals surface area contributed by atoms with Crippen LogP contribution < -0.4 is 21.3 Å². The monoisotopic (exact) mass is 399 g/mol. The van der Waals surface area contributed by atoms with E-state index in [4.69, 9.17) is 0 Å². The maximum absolute atomic E-state index is 12.4. The first-order chi connectivity index (χ1) is 13.9. The quantitative estimate of drug-likeness (QED) is 0.293. The van der Waals surface area contributed by atoms with Crippen molar-refractivity contribution in [2.75, 3.05) is 23.7 Å². The molecule has 29 heavy (non-hydrogen) atoms. The molecule has 0 aliphatic carbocycles. The number of para-hydroxylation sites is 1. The van der Waals surface area contributed by atoms with Crippen molar-refractivity contribution in [1.82, 2.24) is 10.6 Å². The number of nitro benzene ring substituents is 1. The molecule has 154 valence electrons. The lowest BCUT2D eigenvalue weighted by Crippen LogP contribution is -2.51. The molecule has 2 rings (SSSR count). The predicted molar refractivity (Wildman–Crippen MR) is 112 cm³/mol. The number of carbonyl (C=O) groups excluding carboxylic acids is 2. The molecule has 2 aromatic carbocycles. The van der Waals surface area contributed by atoms with E-state index in [1.165, 1.54) is 12.1 Å². The van der Waals surface area contributed by atoms with Crippen molar-refractivity contribution < 1.29 is 14.5 Å². The second kappa shape index (κ2) is 10.6. The van der Waals surface area contributed by atoms with E-state index in [0.717, 1.165) is 0 Å². The molecular formula is C20H25N5O4. The van der Waals surface area contributed by atoms with E-state index in [1.54, 1.807) is 36.4 Å². The normalized spacial score (nSPS) is 11.4. The molecule has 0 saturated heterocycles. The molecule has 0 spiro atoms. The van der Waals surface area contributed by atoms with Gasteiger partial charge in [-0.25, -0.2) is 4.79 Å². The Morgan fingerprint density at radius 2 is 1.62 bits per heavy atom. The summed E-state index contributed by atoms with van der Waals surface area (Å²) in [7, 11) is 0. The highest BCUT2D eigenvalue weighted by atomic mass is 16.6. The Bertz CT molecular complexity index is 825. The van der Waals surface area contributed by atoms with Gasteiger partial charge in [-0.1, -0.05) is 32.0 Å². The summed E-state index contributed by atoms with van der Waals surface area (Å²) in [4.78, 5) is 34.8. The fourth-order valence-electron chi connectivity index (χ4n) is 2.57. The van der Waals surface area contributed by atoms with Gasteiger partial charge in [0.25, 0.3) is 5.69 Å². The van der Waals surface area contributed by atoms with Crippen molar-refractivity contribution in [3.05, 3.63) is 64.7 Å². The van der Waals surface area contributed by atoms with Gasteiger partial charge >= 0.3 is 6.03 Å². The molecule has 0 heterocycles. The van der Waals surface area contributed by atoms with Crippen LogP contribution in [0.5, 0.6) is 0 Å². The summed E-state index contributed by atoms with van der Waals surface area (Å²) in [5, 5.41) is 21.9. The molecule has 0 bridgehead atoms. The van der Waals surface area contributed by atoms with Gasteiger partial charge in [0.1, 0.15) is 6.04 Å². The summed E-state index contributed by atoms with van der Waals surface area (Å²) in [5.41, 5.74) is 1.37. The van der Waals surface area contributed by atoms with E-state index in [0.29, 0.717) is 24.5 Å². The minimum atomic E-state index is -0.682. The van der Waals surface area contributed by atoms with Crippen LogP contribution in [-0.4, -0.2) is 36.0 Å². The Hall–Kier alpha value is -3.62. The molecule has 0 aliphatic heterocycles. The summed E-state index contributed by atoms with van der Waals surface area (Å²) in [5.74, 6) is -0.382. The third-order valence-electron chi connectivity index (χ3n) is 4.10. The number of rotatable bonds is 9. The highest BCUT2D eigenvalue weighted by Gasteiger charge is 2.23. The van der Waals surface area contributed by atoms with E-state index < -0.39 is 17.0 Å². The van der Waals surface area contributed by atoms with Crippen molar-refractivity contribution >= 4 is 29.0 Å². The number of carbonyl (C=O) groups is 2. The van der Waals surface area contributed by atoms with E-state index in [1.807, 2.05) is 19.9 Å². The molecule has 9 heteroatoms. The average molecular weight is 399 g/mol. The Balaban J connectivity index is 1.78. The van der Waals surface area contributed by atoms with Crippen LogP contribution in [0, 0.1) is 16.0 Å². The Labute approximate surface area is 169 Å². The molecule has 0 radical (unpaired) electrons. The Kier molecular flexibility index (Phi) is 7.96. The number of nitrogens with zero attached hydrogens (tertiary/aromatic N) is 1. The topological polar surface area (TPSA) is 125 Å². The zero-order valence-corrected chi connectivity index (χ0v) is 16.3. The fraction of sp³-hybridized carbons (Fsp3) is 0.300. The van der Waals surface area contributed by atoms with Crippen LogP contribution in [0.1, 0.15) is 13.8 Å². The van der Waals surface area contributed by atoms with E-state index in [2.05, 4.69) is 21.3 Å². The molecule has 2 aromatic rings. The first-order valence-electron chi connectivity index (χ1n) is 9.25. The lowest BCUT2D eigenvalue weighted by Gasteiger charge is -2.22. The van der Waals surface area contributed by atoms with Gasteiger partial charge in [0.15, 0.2) is 0 Å². The van der Waals surface area contributed by atoms with Crippen LogP contribution in [0.3, 0.4) is 0 Å².